The number of fused-ring (bicyclic) bond motifs is 1. The van der Waals surface area contributed by atoms with E-state index in [-0.39, 0.29) is 18.4 Å². The Balaban J connectivity index is 1.75. The summed E-state index contributed by atoms with van der Waals surface area (Å²) in [5.74, 6) is 0.634. The quantitative estimate of drug-likeness (QED) is 0.857. The molecule has 6 heteroatoms. The van der Waals surface area contributed by atoms with Gasteiger partial charge in [-0.05, 0) is 31.4 Å². The number of carbonyl (C=O) groups is 1. The Morgan fingerprint density at radius 1 is 1.39 bits per heavy atom. The standard InChI is InChI=1S/C17H24N4O2/c1-2-7-13(16-20-19-14-8-3-6-11-21(14)16)18-15(22)12-17(23)9-4-5-10-17/h3,6,8,11,13,23H,2,4-5,7,9-10,12H2,1H3,(H,18,22). The Hall–Kier alpha value is -1.95. The largest absolute Gasteiger partial charge is 0.389 e. The number of carbonyl (C=O) groups excluding carboxylic acids is 1. The molecule has 0 radical (unpaired) electrons. The van der Waals surface area contributed by atoms with E-state index in [9.17, 15) is 9.90 Å². The third-order valence-electron chi connectivity index (χ3n) is 4.59. The zero-order valence-electron chi connectivity index (χ0n) is 13.5. The van der Waals surface area contributed by atoms with Crippen molar-refractivity contribution in [2.45, 2.75) is 63.5 Å². The summed E-state index contributed by atoms with van der Waals surface area (Å²) in [5, 5.41) is 21.9. The zero-order chi connectivity index (χ0) is 16.3. The highest BCUT2D eigenvalue weighted by Gasteiger charge is 2.34. The van der Waals surface area contributed by atoms with Crippen LogP contribution in [-0.2, 0) is 4.79 Å². The molecule has 0 saturated heterocycles. The van der Waals surface area contributed by atoms with E-state index in [2.05, 4.69) is 22.4 Å². The van der Waals surface area contributed by atoms with Crippen molar-refractivity contribution in [3.63, 3.8) is 0 Å². The number of aromatic nitrogens is 3. The molecule has 1 unspecified atom stereocenters. The summed E-state index contributed by atoms with van der Waals surface area (Å²) in [5.41, 5.74) is -0.0550. The predicted octanol–water partition coefficient (Wildman–Crippen LogP) is 2.38. The molecule has 1 amide bonds. The molecule has 2 N–H and O–H groups in total. The van der Waals surface area contributed by atoms with Crippen molar-refractivity contribution >= 4 is 11.6 Å². The Kier molecular flexibility index (Phi) is 4.61. The molecular weight excluding hydrogens is 292 g/mol. The Labute approximate surface area is 135 Å². The highest BCUT2D eigenvalue weighted by Crippen LogP contribution is 2.32. The molecule has 6 nitrogen and oxygen atoms in total. The van der Waals surface area contributed by atoms with Crippen LogP contribution in [0.1, 0.15) is 63.7 Å². The van der Waals surface area contributed by atoms with Crippen LogP contribution in [0.5, 0.6) is 0 Å². The average Bonchev–Trinajstić information content (AvgIpc) is 3.13. The fourth-order valence-electron chi connectivity index (χ4n) is 3.41. The lowest BCUT2D eigenvalue weighted by Gasteiger charge is -2.23. The van der Waals surface area contributed by atoms with Crippen LogP contribution in [0, 0.1) is 0 Å². The molecule has 0 bridgehead atoms. The smallest absolute Gasteiger partial charge is 0.223 e. The molecule has 1 aliphatic carbocycles. The first kappa shape index (κ1) is 15.9. The maximum atomic E-state index is 12.4. The van der Waals surface area contributed by atoms with Crippen molar-refractivity contribution in [3.05, 3.63) is 30.2 Å². The van der Waals surface area contributed by atoms with E-state index >= 15 is 0 Å². The normalized spacial score (nSPS) is 18.2. The molecule has 2 aromatic rings. The van der Waals surface area contributed by atoms with Crippen molar-refractivity contribution in [3.8, 4) is 0 Å². The Morgan fingerprint density at radius 3 is 2.91 bits per heavy atom. The highest BCUT2D eigenvalue weighted by molar-refractivity contribution is 5.77. The van der Waals surface area contributed by atoms with Crippen LogP contribution in [0.4, 0.5) is 0 Å². The fraction of sp³-hybridized carbons (Fsp3) is 0.588. The molecule has 2 heterocycles. The van der Waals surface area contributed by atoms with Crippen LogP contribution in [0.3, 0.4) is 0 Å². The molecule has 23 heavy (non-hydrogen) atoms. The molecule has 0 aromatic carbocycles. The number of nitrogens with one attached hydrogen (secondary N) is 1. The number of nitrogens with zero attached hydrogens (tertiary/aromatic N) is 3. The van der Waals surface area contributed by atoms with Gasteiger partial charge in [-0.15, -0.1) is 10.2 Å². The monoisotopic (exact) mass is 316 g/mol. The van der Waals surface area contributed by atoms with Crippen molar-refractivity contribution in [1.82, 2.24) is 19.9 Å². The van der Waals surface area contributed by atoms with E-state index < -0.39 is 5.60 Å². The van der Waals surface area contributed by atoms with Gasteiger partial charge in [0.05, 0.1) is 18.1 Å². The molecule has 1 aliphatic rings. The highest BCUT2D eigenvalue weighted by atomic mass is 16.3. The van der Waals surface area contributed by atoms with Crippen LogP contribution >= 0.6 is 0 Å². The van der Waals surface area contributed by atoms with E-state index in [4.69, 9.17) is 0 Å². The molecule has 2 aromatic heterocycles. The van der Waals surface area contributed by atoms with Crippen molar-refractivity contribution in [2.75, 3.05) is 0 Å². The zero-order valence-corrected chi connectivity index (χ0v) is 13.5. The van der Waals surface area contributed by atoms with Gasteiger partial charge in [0.25, 0.3) is 0 Å². The molecule has 124 valence electrons. The van der Waals surface area contributed by atoms with Crippen LogP contribution in [0.15, 0.2) is 24.4 Å². The first-order valence-corrected chi connectivity index (χ1v) is 8.43. The van der Waals surface area contributed by atoms with Crippen LogP contribution in [-0.4, -0.2) is 31.2 Å². The van der Waals surface area contributed by atoms with Gasteiger partial charge in [-0.2, -0.15) is 0 Å². The first-order chi connectivity index (χ1) is 11.1. The molecule has 3 rings (SSSR count). The molecule has 1 fully saturated rings. The number of hydrogen-bond donors (Lipinski definition) is 2. The van der Waals surface area contributed by atoms with E-state index in [0.29, 0.717) is 12.8 Å². The molecule has 0 spiro atoms. The minimum atomic E-state index is -0.826. The van der Waals surface area contributed by atoms with Crippen LogP contribution < -0.4 is 5.32 Å². The summed E-state index contributed by atoms with van der Waals surface area (Å²) in [6.07, 6.45) is 7.22. The summed E-state index contributed by atoms with van der Waals surface area (Å²) in [6, 6.07) is 5.54. The van der Waals surface area contributed by atoms with Gasteiger partial charge in [0, 0.05) is 6.20 Å². The van der Waals surface area contributed by atoms with Crippen molar-refractivity contribution in [2.24, 2.45) is 0 Å². The van der Waals surface area contributed by atoms with Gasteiger partial charge in [-0.1, -0.05) is 32.3 Å². The summed E-state index contributed by atoms with van der Waals surface area (Å²) in [4.78, 5) is 12.4. The van der Waals surface area contributed by atoms with Gasteiger partial charge in [0.1, 0.15) is 0 Å². The number of hydrogen-bond acceptors (Lipinski definition) is 4. The lowest BCUT2D eigenvalue weighted by molar-refractivity contribution is -0.126. The van der Waals surface area contributed by atoms with Crippen molar-refractivity contribution < 1.29 is 9.90 Å². The topological polar surface area (TPSA) is 79.5 Å². The second kappa shape index (κ2) is 6.66. The van der Waals surface area contributed by atoms with Gasteiger partial charge in [0.2, 0.25) is 5.91 Å². The van der Waals surface area contributed by atoms with Gasteiger partial charge in [-0.25, -0.2) is 0 Å². The van der Waals surface area contributed by atoms with Gasteiger partial charge in [0.15, 0.2) is 11.5 Å². The summed E-state index contributed by atoms with van der Waals surface area (Å²) >= 11 is 0. The first-order valence-electron chi connectivity index (χ1n) is 8.43. The Morgan fingerprint density at radius 2 is 2.17 bits per heavy atom. The SMILES string of the molecule is CCCC(NC(=O)CC1(O)CCCC1)c1nnc2ccccn12. The lowest BCUT2D eigenvalue weighted by atomic mass is 9.97. The molecule has 1 saturated carbocycles. The minimum absolute atomic E-state index is 0.111. The average molecular weight is 316 g/mol. The van der Waals surface area contributed by atoms with E-state index in [1.165, 1.54) is 0 Å². The van der Waals surface area contributed by atoms with Crippen LogP contribution in [0.25, 0.3) is 5.65 Å². The third kappa shape index (κ3) is 3.52. The minimum Gasteiger partial charge on any atom is -0.389 e. The van der Waals surface area contributed by atoms with E-state index in [1.54, 1.807) is 0 Å². The molecule has 1 atom stereocenters. The second-order valence-corrected chi connectivity index (χ2v) is 6.50. The van der Waals surface area contributed by atoms with Gasteiger partial charge >= 0.3 is 0 Å². The number of aliphatic hydroxyl groups is 1. The third-order valence-corrected chi connectivity index (χ3v) is 4.59. The molecular formula is C17H24N4O2. The van der Waals surface area contributed by atoms with E-state index in [1.807, 2.05) is 28.8 Å². The van der Waals surface area contributed by atoms with Gasteiger partial charge in [-0.3, -0.25) is 9.20 Å². The van der Waals surface area contributed by atoms with E-state index in [0.717, 1.165) is 37.2 Å². The second-order valence-electron chi connectivity index (χ2n) is 6.50. The van der Waals surface area contributed by atoms with Crippen molar-refractivity contribution in [1.29, 1.82) is 0 Å². The number of pyridine rings is 1. The summed E-state index contributed by atoms with van der Waals surface area (Å²) in [7, 11) is 0. The lowest BCUT2D eigenvalue weighted by Crippen LogP contribution is -2.37. The maximum Gasteiger partial charge on any atom is 0.223 e. The Bertz CT molecular complexity index is 676. The predicted molar refractivity (Wildman–Crippen MR) is 86.8 cm³/mol. The maximum absolute atomic E-state index is 12.4. The van der Waals surface area contributed by atoms with Gasteiger partial charge < -0.3 is 10.4 Å². The molecule has 0 aliphatic heterocycles. The van der Waals surface area contributed by atoms with Crippen LogP contribution in [0.2, 0.25) is 0 Å². The number of rotatable bonds is 6. The summed E-state index contributed by atoms with van der Waals surface area (Å²) < 4.78 is 1.91. The number of amides is 1. The fourth-order valence-corrected chi connectivity index (χ4v) is 3.41. The summed E-state index contributed by atoms with van der Waals surface area (Å²) in [6.45, 7) is 2.08.